The average molecular weight is 418 g/mol. The Labute approximate surface area is 170 Å². The van der Waals surface area contributed by atoms with Crippen molar-refractivity contribution in [3.63, 3.8) is 0 Å². The van der Waals surface area contributed by atoms with E-state index in [1.807, 2.05) is 18.7 Å². The molecule has 1 aliphatic heterocycles. The molecular formula is C18H25Cl2N3O2S. The lowest BCUT2D eigenvalue weighted by molar-refractivity contribution is 0.102. The van der Waals surface area contributed by atoms with Crippen LogP contribution in [-0.4, -0.2) is 35.4 Å². The number of aryl methyl sites for hydroxylation is 1. The molecule has 3 rings (SSSR count). The number of benzene rings is 1. The molecule has 0 bridgehead atoms. The van der Waals surface area contributed by atoms with Crippen molar-refractivity contribution in [1.29, 1.82) is 0 Å². The number of anilines is 1. The SMILES string of the molecule is Cc1ccc(CN2CCSCC2)cc1NC(=O)c1coc(CN)c1.Cl.Cl. The Bertz CT molecular complexity index is 718. The van der Waals surface area contributed by atoms with Crippen LogP contribution in [0.15, 0.2) is 34.9 Å². The van der Waals surface area contributed by atoms with Gasteiger partial charge in [0.1, 0.15) is 12.0 Å². The first-order valence-corrected chi connectivity index (χ1v) is 9.29. The van der Waals surface area contributed by atoms with E-state index in [1.54, 1.807) is 6.07 Å². The summed E-state index contributed by atoms with van der Waals surface area (Å²) in [5.74, 6) is 2.82. The second kappa shape index (κ2) is 10.8. The van der Waals surface area contributed by atoms with Gasteiger partial charge in [-0.15, -0.1) is 24.8 Å². The summed E-state index contributed by atoms with van der Waals surface area (Å²) in [5.41, 5.74) is 9.12. The molecule has 0 saturated carbocycles. The Balaban J connectivity index is 0.00000169. The molecule has 26 heavy (non-hydrogen) atoms. The number of furan rings is 1. The zero-order valence-electron chi connectivity index (χ0n) is 14.7. The fraction of sp³-hybridized carbons (Fsp3) is 0.389. The normalized spacial score (nSPS) is 14.2. The lowest BCUT2D eigenvalue weighted by atomic mass is 10.1. The van der Waals surface area contributed by atoms with Gasteiger partial charge in [0, 0.05) is 36.8 Å². The van der Waals surface area contributed by atoms with Crippen molar-refractivity contribution < 1.29 is 9.21 Å². The summed E-state index contributed by atoms with van der Waals surface area (Å²) in [6, 6.07) is 7.94. The van der Waals surface area contributed by atoms with Gasteiger partial charge < -0.3 is 15.5 Å². The van der Waals surface area contributed by atoms with Gasteiger partial charge in [-0.1, -0.05) is 12.1 Å². The number of rotatable bonds is 5. The molecule has 0 radical (unpaired) electrons. The molecule has 0 spiro atoms. The van der Waals surface area contributed by atoms with Crippen molar-refractivity contribution in [2.45, 2.75) is 20.0 Å². The topological polar surface area (TPSA) is 71.5 Å². The Morgan fingerprint density at radius 2 is 2.00 bits per heavy atom. The first-order valence-electron chi connectivity index (χ1n) is 8.14. The van der Waals surface area contributed by atoms with Gasteiger partial charge in [0.15, 0.2) is 0 Å². The third kappa shape index (κ3) is 5.93. The van der Waals surface area contributed by atoms with E-state index in [-0.39, 0.29) is 37.3 Å². The van der Waals surface area contributed by atoms with Gasteiger partial charge >= 0.3 is 0 Å². The van der Waals surface area contributed by atoms with E-state index < -0.39 is 0 Å². The van der Waals surface area contributed by atoms with Crippen molar-refractivity contribution in [3.05, 3.63) is 53.0 Å². The van der Waals surface area contributed by atoms with Crippen LogP contribution in [0, 0.1) is 6.92 Å². The number of nitrogens with zero attached hydrogens (tertiary/aromatic N) is 1. The third-order valence-corrected chi connectivity index (χ3v) is 5.12. The molecule has 3 N–H and O–H groups in total. The maximum Gasteiger partial charge on any atom is 0.258 e. The van der Waals surface area contributed by atoms with Crippen LogP contribution in [0.1, 0.15) is 27.2 Å². The number of nitrogens with two attached hydrogens (primary N) is 1. The van der Waals surface area contributed by atoms with E-state index in [0.29, 0.717) is 11.3 Å². The summed E-state index contributed by atoms with van der Waals surface area (Å²) in [5, 5.41) is 2.98. The van der Waals surface area contributed by atoms with E-state index in [9.17, 15) is 4.79 Å². The van der Waals surface area contributed by atoms with Gasteiger partial charge in [-0.25, -0.2) is 0 Å². The van der Waals surface area contributed by atoms with E-state index in [4.69, 9.17) is 10.2 Å². The van der Waals surface area contributed by atoms with Crippen molar-refractivity contribution in [3.8, 4) is 0 Å². The van der Waals surface area contributed by atoms with Crippen molar-refractivity contribution >= 4 is 48.2 Å². The van der Waals surface area contributed by atoms with E-state index in [0.717, 1.165) is 30.9 Å². The molecule has 1 fully saturated rings. The Hall–Kier alpha value is -1.18. The molecule has 2 heterocycles. The van der Waals surface area contributed by atoms with Gasteiger partial charge in [0.05, 0.1) is 12.1 Å². The van der Waals surface area contributed by atoms with Crippen LogP contribution in [0.5, 0.6) is 0 Å². The molecule has 2 aromatic rings. The number of halogens is 2. The second-order valence-corrected chi connectivity index (χ2v) is 7.22. The average Bonchev–Trinajstić information content (AvgIpc) is 3.08. The number of amides is 1. The molecule has 1 amide bonds. The Morgan fingerprint density at radius 3 is 2.65 bits per heavy atom. The zero-order chi connectivity index (χ0) is 16.9. The van der Waals surface area contributed by atoms with Crippen LogP contribution in [0.4, 0.5) is 5.69 Å². The molecule has 8 heteroatoms. The number of hydrogen-bond donors (Lipinski definition) is 2. The number of carbonyl (C=O) groups excluding carboxylic acids is 1. The third-order valence-electron chi connectivity index (χ3n) is 4.18. The largest absolute Gasteiger partial charge is 0.467 e. The predicted molar refractivity (Wildman–Crippen MR) is 113 cm³/mol. The first-order chi connectivity index (χ1) is 11.7. The zero-order valence-corrected chi connectivity index (χ0v) is 17.1. The molecule has 144 valence electrons. The molecule has 1 aromatic carbocycles. The van der Waals surface area contributed by atoms with E-state index in [1.165, 1.54) is 23.3 Å². The number of thioether (sulfide) groups is 1. The van der Waals surface area contributed by atoms with Gasteiger partial charge in [-0.3, -0.25) is 9.69 Å². The number of carbonyl (C=O) groups is 1. The number of nitrogens with one attached hydrogen (secondary N) is 1. The predicted octanol–water partition coefficient (Wildman–Crippen LogP) is 3.69. The van der Waals surface area contributed by atoms with Crippen LogP contribution < -0.4 is 11.1 Å². The monoisotopic (exact) mass is 417 g/mol. The maximum atomic E-state index is 12.4. The summed E-state index contributed by atoms with van der Waals surface area (Å²) >= 11 is 2.01. The quantitative estimate of drug-likeness (QED) is 0.775. The van der Waals surface area contributed by atoms with E-state index >= 15 is 0 Å². The van der Waals surface area contributed by atoms with Crippen molar-refractivity contribution in [2.24, 2.45) is 5.73 Å². The standard InChI is InChI=1S/C18H23N3O2S.2ClH/c1-13-2-3-14(11-21-4-6-24-7-5-21)8-17(13)20-18(22)15-9-16(10-19)23-12-15;;/h2-3,8-9,12H,4-7,10-11,19H2,1H3,(H,20,22);2*1H. The van der Waals surface area contributed by atoms with Crippen LogP contribution in [-0.2, 0) is 13.1 Å². The van der Waals surface area contributed by atoms with Gasteiger partial charge in [0.2, 0.25) is 0 Å². The summed E-state index contributed by atoms with van der Waals surface area (Å²) < 4.78 is 5.23. The Morgan fingerprint density at radius 1 is 1.27 bits per heavy atom. The fourth-order valence-electron chi connectivity index (χ4n) is 2.72. The number of hydrogen-bond acceptors (Lipinski definition) is 5. The highest BCUT2D eigenvalue weighted by atomic mass is 35.5. The van der Waals surface area contributed by atoms with Gasteiger partial charge in [-0.05, 0) is 30.2 Å². The molecule has 1 aromatic heterocycles. The molecule has 5 nitrogen and oxygen atoms in total. The summed E-state index contributed by atoms with van der Waals surface area (Å²) in [4.78, 5) is 14.8. The molecule has 0 aliphatic carbocycles. The summed E-state index contributed by atoms with van der Waals surface area (Å²) in [7, 11) is 0. The highest BCUT2D eigenvalue weighted by Gasteiger charge is 2.14. The van der Waals surface area contributed by atoms with Crippen molar-refractivity contribution in [2.75, 3.05) is 29.9 Å². The second-order valence-electron chi connectivity index (χ2n) is 6.00. The van der Waals surface area contributed by atoms with Gasteiger partial charge in [0.25, 0.3) is 5.91 Å². The fourth-order valence-corrected chi connectivity index (χ4v) is 3.70. The van der Waals surface area contributed by atoms with Crippen LogP contribution in [0.25, 0.3) is 0 Å². The molecule has 1 aliphatic rings. The smallest absolute Gasteiger partial charge is 0.258 e. The molecule has 0 atom stereocenters. The Kier molecular flexibility index (Phi) is 9.54. The summed E-state index contributed by atoms with van der Waals surface area (Å²) in [6.07, 6.45) is 1.45. The maximum absolute atomic E-state index is 12.4. The lowest BCUT2D eigenvalue weighted by Crippen LogP contribution is -2.32. The lowest BCUT2D eigenvalue weighted by Gasteiger charge is -2.26. The summed E-state index contributed by atoms with van der Waals surface area (Å²) in [6.45, 7) is 5.45. The van der Waals surface area contributed by atoms with Crippen molar-refractivity contribution in [1.82, 2.24) is 4.90 Å². The van der Waals surface area contributed by atoms with Crippen LogP contribution in [0.3, 0.4) is 0 Å². The minimum atomic E-state index is -0.173. The van der Waals surface area contributed by atoms with Crippen LogP contribution in [0.2, 0.25) is 0 Å². The van der Waals surface area contributed by atoms with E-state index in [2.05, 4.69) is 28.4 Å². The van der Waals surface area contributed by atoms with Gasteiger partial charge in [-0.2, -0.15) is 11.8 Å². The minimum Gasteiger partial charge on any atom is -0.467 e. The highest BCUT2D eigenvalue weighted by molar-refractivity contribution is 7.99. The minimum absolute atomic E-state index is 0. The molecule has 1 saturated heterocycles. The first kappa shape index (κ1) is 22.9. The molecular weight excluding hydrogens is 393 g/mol. The highest BCUT2D eigenvalue weighted by Crippen LogP contribution is 2.21. The van der Waals surface area contributed by atoms with Crippen LogP contribution >= 0.6 is 36.6 Å². The molecule has 0 unspecified atom stereocenters.